The lowest BCUT2D eigenvalue weighted by Gasteiger charge is -2.29. The normalized spacial score (nSPS) is 11.5. The van der Waals surface area contributed by atoms with Crippen LogP contribution in [0.25, 0.3) is 0 Å². The van der Waals surface area contributed by atoms with Gasteiger partial charge in [-0.1, -0.05) is 13.3 Å². The van der Waals surface area contributed by atoms with E-state index in [2.05, 4.69) is 5.32 Å². The summed E-state index contributed by atoms with van der Waals surface area (Å²) in [5.74, 6) is -0.123. The molecular weight excluding hydrogens is 208 g/mol. The van der Waals surface area contributed by atoms with Gasteiger partial charge in [-0.15, -0.1) is 0 Å². The number of hydrogen-bond acceptors (Lipinski definition) is 4. The molecule has 0 aromatic rings. The maximum absolute atomic E-state index is 11.5. The van der Waals surface area contributed by atoms with Gasteiger partial charge < -0.3 is 21.3 Å². The lowest BCUT2D eigenvalue weighted by atomic mass is 9.98. The highest BCUT2D eigenvalue weighted by atomic mass is 16.3. The molecule has 96 valence electrons. The molecule has 5 heteroatoms. The van der Waals surface area contributed by atoms with Crippen LogP contribution < -0.4 is 11.1 Å². The molecule has 0 aliphatic heterocycles. The van der Waals surface area contributed by atoms with Crippen molar-refractivity contribution in [1.29, 1.82) is 0 Å². The topological polar surface area (TPSA) is 95.6 Å². The Balaban J connectivity index is 3.91. The van der Waals surface area contributed by atoms with Crippen LogP contribution >= 0.6 is 0 Å². The van der Waals surface area contributed by atoms with Crippen molar-refractivity contribution in [3.05, 3.63) is 0 Å². The van der Waals surface area contributed by atoms with Gasteiger partial charge in [-0.2, -0.15) is 0 Å². The molecule has 0 spiro atoms. The summed E-state index contributed by atoms with van der Waals surface area (Å²) in [4.78, 5) is 11.5. The standard InChI is InChI=1S/C11H24N2O3/c1-2-11(8-14,9-15)13-10(16)6-4-3-5-7-12/h14-15H,2-9,12H2,1H3,(H,13,16). The first-order valence-corrected chi connectivity index (χ1v) is 5.87. The number of carbonyl (C=O) groups is 1. The van der Waals surface area contributed by atoms with Gasteiger partial charge in [0.05, 0.1) is 18.8 Å². The molecule has 0 fully saturated rings. The molecule has 0 aromatic carbocycles. The maximum atomic E-state index is 11.5. The first-order valence-electron chi connectivity index (χ1n) is 5.87. The van der Waals surface area contributed by atoms with Crippen LogP contribution in [0.3, 0.4) is 0 Å². The van der Waals surface area contributed by atoms with Gasteiger partial charge in [0.15, 0.2) is 0 Å². The molecule has 0 saturated heterocycles. The minimum atomic E-state index is -0.870. The summed E-state index contributed by atoms with van der Waals surface area (Å²) in [6.45, 7) is 1.98. The van der Waals surface area contributed by atoms with Gasteiger partial charge in [0.1, 0.15) is 0 Å². The first-order chi connectivity index (χ1) is 7.64. The van der Waals surface area contributed by atoms with Crippen LogP contribution in [0.2, 0.25) is 0 Å². The third-order valence-electron chi connectivity index (χ3n) is 2.79. The monoisotopic (exact) mass is 232 g/mol. The zero-order valence-electron chi connectivity index (χ0n) is 10.0. The molecule has 0 unspecified atom stereocenters. The van der Waals surface area contributed by atoms with Gasteiger partial charge in [-0.3, -0.25) is 4.79 Å². The molecule has 0 aliphatic rings. The molecule has 0 heterocycles. The van der Waals surface area contributed by atoms with Gasteiger partial charge in [0, 0.05) is 6.42 Å². The molecule has 0 atom stereocenters. The van der Waals surface area contributed by atoms with Crippen molar-refractivity contribution < 1.29 is 15.0 Å². The third-order valence-corrected chi connectivity index (χ3v) is 2.79. The Morgan fingerprint density at radius 3 is 2.31 bits per heavy atom. The molecule has 1 amide bonds. The minimum Gasteiger partial charge on any atom is -0.394 e. The first kappa shape index (κ1) is 15.3. The number of nitrogens with two attached hydrogens (primary N) is 1. The fourth-order valence-electron chi connectivity index (χ4n) is 1.41. The Bertz CT molecular complexity index is 185. The van der Waals surface area contributed by atoms with Crippen LogP contribution in [0, 0.1) is 0 Å². The van der Waals surface area contributed by atoms with Crippen LogP contribution in [0.4, 0.5) is 0 Å². The van der Waals surface area contributed by atoms with E-state index in [4.69, 9.17) is 15.9 Å². The zero-order chi connectivity index (χ0) is 12.4. The maximum Gasteiger partial charge on any atom is 0.220 e. The lowest BCUT2D eigenvalue weighted by Crippen LogP contribution is -2.53. The van der Waals surface area contributed by atoms with Crippen LogP contribution in [0.15, 0.2) is 0 Å². The molecule has 5 nitrogen and oxygen atoms in total. The van der Waals surface area contributed by atoms with Crippen molar-refractivity contribution in [2.24, 2.45) is 5.73 Å². The van der Waals surface area contributed by atoms with Crippen molar-refractivity contribution in [1.82, 2.24) is 5.32 Å². The van der Waals surface area contributed by atoms with Crippen LogP contribution in [0.5, 0.6) is 0 Å². The Morgan fingerprint density at radius 2 is 1.88 bits per heavy atom. The van der Waals surface area contributed by atoms with Gasteiger partial charge in [-0.05, 0) is 25.8 Å². The van der Waals surface area contributed by atoms with Crippen molar-refractivity contribution in [2.75, 3.05) is 19.8 Å². The fraction of sp³-hybridized carbons (Fsp3) is 0.909. The van der Waals surface area contributed by atoms with E-state index in [9.17, 15) is 4.79 Å². The average Bonchev–Trinajstić information content (AvgIpc) is 2.32. The highest BCUT2D eigenvalue weighted by molar-refractivity contribution is 5.76. The largest absolute Gasteiger partial charge is 0.394 e. The summed E-state index contributed by atoms with van der Waals surface area (Å²) in [6.07, 6.45) is 3.57. The van der Waals surface area contributed by atoms with Gasteiger partial charge in [0.2, 0.25) is 5.91 Å². The van der Waals surface area contributed by atoms with Crippen molar-refractivity contribution in [3.8, 4) is 0 Å². The van der Waals surface area contributed by atoms with E-state index in [1.165, 1.54) is 0 Å². The number of nitrogens with one attached hydrogen (secondary N) is 1. The number of amides is 1. The molecule has 16 heavy (non-hydrogen) atoms. The summed E-state index contributed by atoms with van der Waals surface area (Å²) in [6, 6.07) is 0. The molecule has 0 bridgehead atoms. The van der Waals surface area contributed by atoms with Crippen molar-refractivity contribution in [2.45, 2.75) is 44.6 Å². The van der Waals surface area contributed by atoms with Crippen molar-refractivity contribution in [3.63, 3.8) is 0 Å². The molecule has 0 aliphatic carbocycles. The van der Waals surface area contributed by atoms with Gasteiger partial charge >= 0.3 is 0 Å². The molecule has 0 saturated carbocycles. The lowest BCUT2D eigenvalue weighted by molar-refractivity contribution is -0.124. The summed E-state index contributed by atoms with van der Waals surface area (Å²) in [7, 11) is 0. The Morgan fingerprint density at radius 1 is 1.25 bits per heavy atom. The predicted molar refractivity (Wildman–Crippen MR) is 62.9 cm³/mol. The highest BCUT2D eigenvalue weighted by Crippen LogP contribution is 2.09. The quantitative estimate of drug-likeness (QED) is 0.412. The Hall–Kier alpha value is -0.650. The smallest absolute Gasteiger partial charge is 0.220 e. The summed E-state index contributed by atoms with van der Waals surface area (Å²) < 4.78 is 0. The van der Waals surface area contributed by atoms with Crippen LogP contribution in [0.1, 0.15) is 39.0 Å². The van der Waals surface area contributed by atoms with Crippen LogP contribution in [-0.4, -0.2) is 41.4 Å². The van der Waals surface area contributed by atoms with E-state index >= 15 is 0 Å². The number of hydrogen-bond donors (Lipinski definition) is 4. The van der Waals surface area contributed by atoms with E-state index in [1.807, 2.05) is 6.92 Å². The van der Waals surface area contributed by atoms with Crippen molar-refractivity contribution >= 4 is 5.91 Å². The second-order valence-electron chi connectivity index (χ2n) is 4.10. The summed E-state index contributed by atoms with van der Waals surface area (Å²) >= 11 is 0. The molecule has 0 rings (SSSR count). The fourth-order valence-corrected chi connectivity index (χ4v) is 1.41. The molecule has 0 aromatic heterocycles. The average molecular weight is 232 g/mol. The minimum absolute atomic E-state index is 0.123. The van der Waals surface area contributed by atoms with Crippen LogP contribution in [-0.2, 0) is 4.79 Å². The second-order valence-corrected chi connectivity index (χ2v) is 4.10. The summed E-state index contributed by atoms with van der Waals surface area (Å²) in [5.41, 5.74) is 4.47. The number of aliphatic hydroxyl groups is 2. The van der Waals surface area contributed by atoms with E-state index in [0.717, 1.165) is 19.3 Å². The summed E-state index contributed by atoms with van der Waals surface area (Å²) in [5, 5.41) is 21.0. The van der Waals surface area contributed by atoms with Gasteiger partial charge in [-0.25, -0.2) is 0 Å². The molecular formula is C11H24N2O3. The van der Waals surface area contributed by atoms with E-state index in [-0.39, 0.29) is 19.1 Å². The predicted octanol–water partition coefficient (Wildman–Crippen LogP) is -0.245. The molecule has 5 N–H and O–H groups in total. The second kappa shape index (κ2) is 8.50. The zero-order valence-corrected chi connectivity index (χ0v) is 10.0. The van der Waals surface area contributed by atoms with E-state index in [1.54, 1.807) is 0 Å². The Kier molecular flexibility index (Phi) is 8.15. The molecule has 0 radical (unpaired) electrons. The number of rotatable bonds is 9. The third kappa shape index (κ3) is 5.44. The van der Waals surface area contributed by atoms with E-state index < -0.39 is 5.54 Å². The number of unbranched alkanes of at least 4 members (excludes halogenated alkanes) is 2. The van der Waals surface area contributed by atoms with E-state index in [0.29, 0.717) is 19.4 Å². The Labute approximate surface area is 97.0 Å². The highest BCUT2D eigenvalue weighted by Gasteiger charge is 2.27. The number of carbonyl (C=O) groups excluding carboxylic acids is 1. The number of aliphatic hydroxyl groups excluding tert-OH is 2. The van der Waals surface area contributed by atoms with Gasteiger partial charge in [0.25, 0.3) is 0 Å². The SMILES string of the molecule is CCC(CO)(CO)NC(=O)CCCCCN.